The molecule has 0 aliphatic rings. The molecule has 18 heavy (non-hydrogen) atoms. The fourth-order valence-electron chi connectivity index (χ4n) is 1.66. The monoisotopic (exact) mass is 253 g/mol. The van der Waals surface area contributed by atoms with Crippen molar-refractivity contribution in [1.82, 2.24) is 5.32 Å². The zero-order chi connectivity index (χ0) is 13.8. The van der Waals surface area contributed by atoms with Gasteiger partial charge in [0.05, 0.1) is 5.56 Å². The predicted molar refractivity (Wildman–Crippen MR) is 69.2 cm³/mol. The highest BCUT2D eigenvalue weighted by atomic mass is 19.1. The molecule has 0 aliphatic heterocycles. The van der Waals surface area contributed by atoms with E-state index >= 15 is 0 Å². The van der Waals surface area contributed by atoms with Crippen LogP contribution in [0, 0.1) is 5.82 Å². The number of halogens is 1. The molecule has 0 atom stereocenters. The van der Waals surface area contributed by atoms with E-state index in [1.165, 1.54) is 12.1 Å². The second-order valence-corrected chi connectivity index (χ2v) is 4.74. The topological polar surface area (TPSA) is 49.3 Å². The van der Waals surface area contributed by atoms with Gasteiger partial charge in [0.1, 0.15) is 5.82 Å². The highest BCUT2D eigenvalue weighted by molar-refractivity contribution is 5.87. The van der Waals surface area contributed by atoms with Crippen LogP contribution in [0.15, 0.2) is 18.2 Å². The number of hydrogen-bond donors (Lipinski definition) is 2. The lowest BCUT2D eigenvalue weighted by Gasteiger charge is -2.28. The Morgan fingerprint density at radius 1 is 1.39 bits per heavy atom. The summed E-state index contributed by atoms with van der Waals surface area (Å²) in [5, 5.41) is 12.1. The van der Waals surface area contributed by atoms with Crippen LogP contribution in [-0.4, -0.2) is 16.6 Å². The molecule has 1 aromatic carbocycles. The minimum atomic E-state index is -1.24. The molecule has 0 fully saturated rings. The van der Waals surface area contributed by atoms with Crippen LogP contribution in [0.5, 0.6) is 0 Å². The number of aromatic carboxylic acids is 1. The number of carboxylic acid groups (broad SMARTS) is 1. The molecule has 4 heteroatoms. The number of hydrogen-bond acceptors (Lipinski definition) is 2. The molecule has 0 radical (unpaired) electrons. The normalized spacial score (nSPS) is 11.6. The molecule has 1 rings (SSSR count). The summed E-state index contributed by atoms with van der Waals surface area (Å²) in [5.74, 6) is -1.92. The van der Waals surface area contributed by atoms with Crippen LogP contribution in [0.2, 0.25) is 0 Å². The van der Waals surface area contributed by atoms with Crippen molar-refractivity contribution in [3.05, 3.63) is 35.1 Å². The Bertz CT molecular complexity index is 428. The van der Waals surface area contributed by atoms with Gasteiger partial charge in [0.2, 0.25) is 0 Å². The molecule has 0 bridgehead atoms. The van der Waals surface area contributed by atoms with Crippen LogP contribution in [-0.2, 0) is 6.54 Å². The van der Waals surface area contributed by atoms with Gasteiger partial charge in [-0.2, -0.15) is 0 Å². The van der Waals surface area contributed by atoms with E-state index in [2.05, 4.69) is 26.1 Å². The second-order valence-electron chi connectivity index (χ2n) is 4.74. The molecule has 0 saturated carbocycles. The maximum absolute atomic E-state index is 13.5. The SMILES string of the molecule is CCC(C)(CC)NCc1ccc(C(=O)O)c(F)c1. The van der Waals surface area contributed by atoms with Gasteiger partial charge in [-0.25, -0.2) is 9.18 Å². The van der Waals surface area contributed by atoms with Gasteiger partial charge in [0.15, 0.2) is 0 Å². The number of carboxylic acids is 1. The Balaban J connectivity index is 2.75. The molecule has 0 spiro atoms. The van der Waals surface area contributed by atoms with Crippen LogP contribution < -0.4 is 5.32 Å². The van der Waals surface area contributed by atoms with Crippen LogP contribution in [0.3, 0.4) is 0 Å². The van der Waals surface area contributed by atoms with Crippen molar-refractivity contribution < 1.29 is 14.3 Å². The maximum Gasteiger partial charge on any atom is 0.338 e. The molecule has 0 amide bonds. The first-order valence-corrected chi connectivity index (χ1v) is 6.18. The molecule has 0 aliphatic carbocycles. The molecule has 100 valence electrons. The first-order valence-electron chi connectivity index (χ1n) is 6.18. The third-order valence-corrected chi connectivity index (χ3v) is 3.54. The fourth-order valence-corrected chi connectivity index (χ4v) is 1.66. The fraction of sp³-hybridized carbons (Fsp3) is 0.500. The third-order valence-electron chi connectivity index (χ3n) is 3.54. The van der Waals surface area contributed by atoms with Gasteiger partial charge in [0.25, 0.3) is 0 Å². The molecule has 0 heterocycles. The number of rotatable bonds is 6. The standard InChI is InChI=1S/C14H20FNO2/c1-4-14(3,5-2)16-9-10-6-7-11(13(17)18)12(15)8-10/h6-8,16H,4-5,9H2,1-3H3,(H,17,18). The van der Waals surface area contributed by atoms with Crippen molar-refractivity contribution in [1.29, 1.82) is 0 Å². The predicted octanol–water partition coefficient (Wildman–Crippen LogP) is 3.19. The average Bonchev–Trinajstić information content (AvgIpc) is 2.35. The van der Waals surface area contributed by atoms with Gasteiger partial charge in [-0.1, -0.05) is 19.9 Å². The molecule has 0 saturated heterocycles. The highest BCUT2D eigenvalue weighted by Gasteiger charge is 2.18. The molecular weight excluding hydrogens is 233 g/mol. The van der Waals surface area contributed by atoms with Gasteiger partial charge in [-0.05, 0) is 37.5 Å². The summed E-state index contributed by atoms with van der Waals surface area (Å²) in [5.41, 5.74) is 0.500. The number of carbonyl (C=O) groups is 1. The molecule has 0 aromatic heterocycles. The van der Waals surface area contributed by atoms with Crippen LogP contribution >= 0.6 is 0 Å². The van der Waals surface area contributed by atoms with Crippen molar-refractivity contribution >= 4 is 5.97 Å². The molecular formula is C14H20FNO2. The van der Waals surface area contributed by atoms with E-state index < -0.39 is 11.8 Å². The Labute approximate surface area is 107 Å². The van der Waals surface area contributed by atoms with E-state index in [0.29, 0.717) is 6.54 Å². The molecule has 0 unspecified atom stereocenters. The summed E-state index contributed by atoms with van der Waals surface area (Å²) in [6, 6.07) is 4.23. The maximum atomic E-state index is 13.5. The second kappa shape index (κ2) is 5.96. The Kier molecular flexibility index (Phi) is 4.84. The van der Waals surface area contributed by atoms with E-state index in [4.69, 9.17) is 5.11 Å². The summed E-state index contributed by atoms with van der Waals surface area (Å²) < 4.78 is 13.5. The summed E-state index contributed by atoms with van der Waals surface area (Å²) in [4.78, 5) is 10.7. The van der Waals surface area contributed by atoms with Gasteiger partial charge >= 0.3 is 5.97 Å². The van der Waals surface area contributed by atoms with Gasteiger partial charge in [0, 0.05) is 12.1 Å². The van der Waals surface area contributed by atoms with Crippen LogP contribution in [0.25, 0.3) is 0 Å². The van der Waals surface area contributed by atoms with E-state index in [1.807, 2.05) is 0 Å². The van der Waals surface area contributed by atoms with Crippen molar-refractivity contribution in [2.45, 2.75) is 45.7 Å². The summed E-state index contributed by atoms with van der Waals surface area (Å²) in [6.45, 7) is 6.86. The Hall–Kier alpha value is -1.42. The molecule has 1 aromatic rings. The summed E-state index contributed by atoms with van der Waals surface area (Å²) in [7, 11) is 0. The largest absolute Gasteiger partial charge is 0.478 e. The van der Waals surface area contributed by atoms with Gasteiger partial charge < -0.3 is 10.4 Å². The van der Waals surface area contributed by atoms with Crippen molar-refractivity contribution in [2.75, 3.05) is 0 Å². The zero-order valence-corrected chi connectivity index (χ0v) is 11.1. The average molecular weight is 253 g/mol. The van der Waals surface area contributed by atoms with Gasteiger partial charge in [-0.15, -0.1) is 0 Å². The van der Waals surface area contributed by atoms with E-state index in [9.17, 15) is 9.18 Å². The Morgan fingerprint density at radius 2 is 2.00 bits per heavy atom. The minimum Gasteiger partial charge on any atom is -0.478 e. The van der Waals surface area contributed by atoms with Crippen molar-refractivity contribution in [3.8, 4) is 0 Å². The Morgan fingerprint density at radius 3 is 2.44 bits per heavy atom. The van der Waals surface area contributed by atoms with Crippen LogP contribution in [0.1, 0.15) is 49.5 Å². The first kappa shape index (κ1) is 14.6. The summed E-state index contributed by atoms with van der Waals surface area (Å²) >= 11 is 0. The van der Waals surface area contributed by atoms with Crippen molar-refractivity contribution in [3.63, 3.8) is 0 Å². The minimum absolute atomic E-state index is 0.0297. The third kappa shape index (κ3) is 3.53. The molecule has 3 nitrogen and oxygen atoms in total. The van der Waals surface area contributed by atoms with Crippen LogP contribution in [0.4, 0.5) is 4.39 Å². The first-order chi connectivity index (χ1) is 8.41. The lowest BCUT2D eigenvalue weighted by atomic mass is 9.95. The summed E-state index contributed by atoms with van der Waals surface area (Å²) in [6.07, 6.45) is 1.97. The quantitative estimate of drug-likeness (QED) is 0.818. The van der Waals surface area contributed by atoms with E-state index in [1.54, 1.807) is 6.07 Å². The van der Waals surface area contributed by atoms with Crippen molar-refractivity contribution in [2.24, 2.45) is 0 Å². The zero-order valence-electron chi connectivity index (χ0n) is 11.1. The van der Waals surface area contributed by atoms with E-state index in [-0.39, 0.29) is 11.1 Å². The van der Waals surface area contributed by atoms with E-state index in [0.717, 1.165) is 18.4 Å². The highest BCUT2D eigenvalue weighted by Crippen LogP contribution is 2.16. The smallest absolute Gasteiger partial charge is 0.338 e. The lowest BCUT2D eigenvalue weighted by molar-refractivity contribution is 0.0692. The van der Waals surface area contributed by atoms with Gasteiger partial charge in [-0.3, -0.25) is 0 Å². The number of benzene rings is 1. The molecule has 2 N–H and O–H groups in total. The lowest BCUT2D eigenvalue weighted by Crippen LogP contribution is -2.40. The number of nitrogens with one attached hydrogen (secondary N) is 1.